The molecule has 118 valence electrons. The number of aliphatic carboxylic acids is 1. The highest BCUT2D eigenvalue weighted by atomic mass is 16.5. The van der Waals surface area contributed by atoms with Crippen LogP contribution in [0.3, 0.4) is 0 Å². The number of hydrogen-bond donors (Lipinski definition) is 1. The third-order valence-electron chi connectivity index (χ3n) is 3.69. The fourth-order valence-electron chi connectivity index (χ4n) is 2.49. The van der Waals surface area contributed by atoms with Gasteiger partial charge in [0, 0.05) is 19.2 Å². The van der Waals surface area contributed by atoms with E-state index in [0.717, 1.165) is 17.7 Å². The molecule has 5 heteroatoms. The van der Waals surface area contributed by atoms with E-state index in [2.05, 4.69) is 0 Å². The molecule has 1 amide bonds. The van der Waals surface area contributed by atoms with Gasteiger partial charge >= 0.3 is 5.97 Å². The van der Waals surface area contributed by atoms with Crippen LogP contribution in [0.4, 0.5) is 0 Å². The summed E-state index contributed by atoms with van der Waals surface area (Å²) in [5.74, 6) is -0.615. The molecule has 2 rings (SSSR count). The molecule has 1 heterocycles. The molecule has 1 aromatic rings. The number of benzene rings is 1. The van der Waals surface area contributed by atoms with E-state index in [9.17, 15) is 9.59 Å². The van der Waals surface area contributed by atoms with Crippen molar-refractivity contribution >= 4 is 18.0 Å². The molecule has 1 N–H and O–H groups in total. The quantitative estimate of drug-likeness (QED) is 0.848. The molecular weight excluding hydrogens is 282 g/mol. The molecular formula is C17H21NO4. The first-order valence-electron chi connectivity index (χ1n) is 7.53. The summed E-state index contributed by atoms with van der Waals surface area (Å²) in [6.45, 7) is 3.46. The highest BCUT2D eigenvalue weighted by Crippen LogP contribution is 2.17. The molecule has 1 unspecified atom stereocenters. The zero-order chi connectivity index (χ0) is 15.9. The van der Waals surface area contributed by atoms with Crippen molar-refractivity contribution in [2.24, 2.45) is 5.92 Å². The van der Waals surface area contributed by atoms with Crippen molar-refractivity contribution in [1.29, 1.82) is 0 Å². The number of nitrogens with zero attached hydrogens (tertiary/aromatic N) is 1. The number of carbonyl (C=O) groups excluding carboxylic acids is 1. The van der Waals surface area contributed by atoms with Crippen LogP contribution >= 0.6 is 0 Å². The summed E-state index contributed by atoms with van der Waals surface area (Å²) in [4.78, 5) is 24.8. The van der Waals surface area contributed by atoms with Gasteiger partial charge in [-0.2, -0.15) is 0 Å². The van der Waals surface area contributed by atoms with E-state index in [1.807, 2.05) is 31.2 Å². The van der Waals surface area contributed by atoms with Gasteiger partial charge in [0.05, 0.1) is 12.5 Å². The topological polar surface area (TPSA) is 66.8 Å². The highest BCUT2D eigenvalue weighted by Gasteiger charge is 2.26. The van der Waals surface area contributed by atoms with Crippen LogP contribution in [0.1, 0.15) is 25.3 Å². The molecule has 0 saturated carbocycles. The van der Waals surface area contributed by atoms with E-state index in [-0.39, 0.29) is 5.91 Å². The van der Waals surface area contributed by atoms with Crippen LogP contribution < -0.4 is 4.74 Å². The van der Waals surface area contributed by atoms with Crippen LogP contribution in [-0.2, 0) is 9.59 Å². The summed E-state index contributed by atoms with van der Waals surface area (Å²) < 4.78 is 5.36. The number of carboxylic acids is 1. The third kappa shape index (κ3) is 4.35. The predicted molar refractivity (Wildman–Crippen MR) is 83.6 cm³/mol. The van der Waals surface area contributed by atoms with Crippen molar-refractivity contribution < 1.29 is 19.4 Å². The normalized spacial score (nSPS) is 18.4. The molecule has 0 aromatic heterocycles. The van der Waals surface area contributed by atoms with E-state index in [1.165, 1.54) is 6.08 Å². The molecule has 5 nitrogen and oxygen atoms in total. The van der Waals surface area contributed by atoms with Crippen molar-refractivity contribution in [2.75, 3.05) is 19.7 Å². The van der Waals surface area contributed by atoms with E-state index in [4.69, 9.17) is 9.84 Å². The Balaban J connectivity index is 1.94. The molecule has 0 aliphatic carbocycles. The average molecular weight is 303 g/mol. The van der Waals surface area contributed by atoms with Gasteiger partial charge in [-0.05, 0) is 43.5 Å². The summed E-state index contributed by atoms with van der Waals surface area (Å²) in [7, 11) is 0. The van der Waals surface area contributed by atoms with Gasteiger partial charge in [-0.25, -0.2) is 0 Å². The number of rotatable bonds is 5. The van der Waals surface area contributed by atoms with Crippen molar-refractivity contribution in [3.05, 3.63) is 35.9 Å². The van der Waals surface area contributed by atoms with Crippen LogP contribution in [0.2, 0.25) is 0 Å². The smallest absolute Gasteiger partial charge is 0.308 e. The van der Waals surface area contributed by atoms with Gasteiger partial charge in [0.25, 0.3) is 0 Å². The maximum atomic E-state index is 12.1. The number of hydrogen-bond acceptors (Lipinski definition) is 3. The molecule has 22 heavy (non-hydrogen) atoms. The van der Waals surface area contributed by atoms with Gasteiger partial charge in [-0.1, -0.05) is 12.1 Å². The first kappa shape index (κ1) is 16.1. The molecule has 0 spiro atoms. The van der Waals surface area contributed by atoms with E-state index in [0.29, 0.717) is 26.1 Å². The van der Waals surface area contributed by atoms with Crippen LogP contribution in [0.5, 0.6) is 5.75 Å². The van der Waals surface area contributed by atoms with Gasteiger partial charge < -0.3 is 14.7 Å². The molecule has 1 atom stereocenters. The summed E-state index contributed by atoms with van der Waals surface area (Å²) in [5.41, 5.74) is 0.906. The number of ether oxygens (including phenoxy) is 1. The Morgan fingerprint density at radius 1 is 1.36 bits per heavy atom. The highest BCUT2D eigenvalue weighted by molar-refractivity contribution is 5.92. The fraction of sp³-hybridized carbons (Fsp3) is 0.412. The first-order chi connectivity index (χ1) is 10.6. The number of carboxylic acid groups (broad SMARTS) is 1. The van der Waals surface area contributed by atoms with E-state index in [1.54, 1.807) is 11.0 Å². The van der Waals surface area contributed by atoms with Gasteiger partial charge in [0.1, 0.15) is 5.75 Å². The lowest BCUT2D eigenvalue weighted by Crippen LogP contribution is -2.41. The lowest BCUT2D eigenvalue weighted by Gasteiger charge is -2.29. The first-order valence-corrected chi connectivity index (χ1v) is 7.53. The predicted octanol–water partition coefficient (Wildman–Crippen LogP) is 2.42. The number of amides is 1. The summed E-state index contributed by atoms with van der Waals surface area (Å²) in [5, 5.41) is 9.05. The molecule has 1 aliphatic rings. The van der Waals surface area contributed by atoms with Crippen molar-refractivity contribution in [1.82, 2.24) is 4.90 Å². The molecule has 0 radical (unpaired) electrons. The zero-order valence-electron chi connectivity index (χ0n) is 12.7. The standard InChI is InChI=1S/C17H21NO4/c1-2-22-15-8-5-13(6-9-15)7-10-16(19)18-11-3-4-14(12-18)17(20)21/h5-10,14H,2-4,11-12H2,1H3,(H,20,21)/b10-7+. The Hall–Kier alpha value is -2.30. The van der Waals surface area contributed by atoms with Crippen molar-refractivity contribution in [3.63, 3.8) is 0 Å². The summed E-state index contributed by atoms with van der Waals surface area (Å²) >= 11 is 0. The molecule has 1 aliphatic heterocycles. The van der Waals surface area contributed by atoms with Crippen molar-refractivity contribution in [2.45, 2.75) is 19.8 Å². The van der Waals surface area contributed by atoms with Crippen LogP contribution in [0, 0.1) is 5.92 Å². The SMILES string of the molecule is CCOc1ccc(/C=C/C(=O)N2CCCC(C(=O)O)C2)cc1. The van der Waals surface area contributed by atoms with Crippen LogP contribution in [0.25, 0.3) is 6.08 Å². The average Bonchev–Trinajstić information content (AvgIpc) is 2.54. The lowest BCUT2D eigenvalue weighted by atomic mass is 9.98. The van der Waals surface area contributed by atoms with Gasteiger partial charge in [0.15, 0.2) is 0 Å². The Labute approximate surface area is 130 Å². The number of carbonyl (C=O) groups is 2. The van der Waals surface area contributed by atoms with Crippen LogP contribution in [0.15, 0.2) is 30.3 Å². The third-order valence-corrected chi connectivity index (χ3v) is 3.69. The fourth-order valence-corrected chi connectivity index (χ4v) is 2.49. The number of likely N-dealkylation sites (tertiary alicyclic amines) is 1. The minimum Gasteiger partial charge on any atom is -0.494 e. The summed E-state index contributed by atoms with van der Waals surface area (Å²) in [6, 6.07) is 7.47. The summed E-state index contributed by atoms with van der Waals surface area (Å²) in [6.07, 6.45) is 4.61. The van der Waals surface area contributed by atoms with Gasteiger partial charge in [0.2, 0.25) is 5.91 Å². The Morgan fingerprint density at radius 3 is 2.73 bits per heavy atom. The monoisotopic (exact) mass is 303 g/mol. The van der Waals surface area contributed by atoms with E-state index >= 15 is 0 Å². The molecule has 1 fully saturated rings. The Morgan fingerprint density at radius 2 is 2.09 bits per heavy atom. The Bertz CT molecular complexity index is 550. The van der Waals surface area contributed by atoms with Crippen molar-refractivity contribution in [3.8, 4) is 5.75 Å². The molecule has 1 saturated heterocycles. The van der Waals surface area contributed by atoms with E-state index < -0.39 is 11.9 Å². The second-order valence-corrected chi connectivity index (χ2v) is 5.30. The second kappa shape index (κ2) is 7.64. The minimum absolute atomic E-state index is 0.139. The molecule has 1 aromatic carbocycles. The zero-order valence-corrected chi connectivity index (χ0v) is 12.7. The largest absolute Gasteiger partial charge is 0.494 e. The minimum atomic E-state index is -0.826. The Kier molecular flexibility index (Phi) is 5.58. The lowest BCUT2D eigenvalue weighted by molar-refractivity contribution is -0.144. The molecule has 0 bridgehead atoms. The number of piperidine rings is 1. The maximum Gasteiger partial charge on any atom is 0.308 e. The van der Waals surface area contributed by atoms with Gasteiger partial charge in [-0.3, -0.25) is 9.59 Å². The second-order valence-electron chi connectivity index (χ2n) is 5.30. The van der Waals surface area contributed by atoms with Crippen LogP contribution in [-0.4, -0.2) is 41.6 Å². The maximum absolute atomic E-state index is 12.1. The van der Waals surface area contributed by atoms with Gasteiger partial charge in [-0.15, -0.1) is 0 Å².